The number of hydrogen-bond acceptors (Lipinski definition) is 4. The Hall–Kier alpha value is -2.46. The molecule has 4 rings (SSSR count). The number of anilines is 1. The first-order valence-electron chi connectivity index (χ1n) is 10.8. The van der Waals surface area contributed by atoms with Crippen molar-refractivity contribution in [3.63, 3.8) is 0 Å². The topological polar surface area (TPSA) is 42.7 Å². The normalized spacial score (nSPS) is 14.5. The van der Waals surface area contributed by atoms with E-state index in [1.165, 1.54) is 5.56 Å². The maximum atomic E-state index is 12.3. The summed E-state index contributed by atoms with van der Waals surface area (Å²) in [5.74, 6) is 1.16. The van der Waals surface area contributed by atoms with Gasteiger partial charge in [0.15, 0.2) is 6.73 Å². The minimum atomic E-state index is -0.326. The molecule has 0 amide bonds. The standard InChI is InChI=1S/C25H28ClNO3/c1-4-6-7-18-12-23(28)30-24-20(18)13-22(26)25-21(24)14-27(15-29-25)19-10-8-17(9-11-19)16(3)5-2/h8-13,16H,4-7,14-15H2,1-3H3. The average molecular weight is 426 g/mol. The number of aryl methyl sites for hydroxylation is 1. The van der Waals surface area contributed by atoms with Crippen molar-refractivity contribution < 1.29 is 9.15 Å². The van der Waals surface area contributed by atoms with Gasteiger partial charge in [-0.05, 0) is 54.5 Å². The van der Waals surface area contributed by atoms with Gasteiger partial charge in [-0.25, -0.2) is 4.79 Å². The third-order valence-electron chi connectivity index (χ3n) is 6.07. The van der Waals surface area contributed by atoms with Crippen LogP contribution in [0.1, 0.15) is 62.6 Å². The summed E-state index contributed by atoms with van der Waals surface area (Å²) in [7, 11) is 0. The quantitative estimate of drug-likeness (QED) is 0.414. The summed E-state index contributed by atoms with van der Waals surface area (Å²) in [5.41, 5.74) is 4.50. The van der Waals surface area contributed by atoms with Gasteiger partial charge < -0.3 is 14.1 Å². The van der Waals surface area contributed by atoms with Gasteiger partial charge in [-0.3, -0.25) is 0 Å². The zero-order chi connectivity index (χ0) is 21.3. The van der Waals surface area contributed by atoms with E-state index in [0.29, 0.717) is 35.5 Å². The Kier molecular flexibility index (Phi) is 6.05. The molecule has 5 heteroatoms. The number of benzene rings is 2. The van der Waals surface area contributed by atoms with Crippen LogP contribution in [-0.2, 0) is 13.0 Å². The lowest BCUT2D eigenvalue weighted by Gasteiger charge is -2.32. The molecule has 1 aliphatic heterocycles. The van der Waals surface area contributed by atoms with E-state index in [0.717, 1.165) is 47.9 Å². The van der Waals surface area contributed by atoms with E-state index in [-0.39, 0.29) is 5.63 Å². The van der Waals surface area contributed by atoms with E-state index < -0.39 is 0 Å². The van der Waals surface area contributed by atoms with Crippen molar-refractivity contribution in [3.05, 3.63) is 68.5 Å². The van der Waals surface area contributed by atoms with Gasteiger partial charge in [-0.1, -0.05) is 50.9 Å². The van der Waals surface area contributed by atoms with Crippen molar-refractivity contribution in [2.75, 3.05) is 11.6 Å². The van der Waals surface area contributed by atoms with E-state index >= 15 is 0 Å². The molecule has 0 bridgehead atoms. The summed E-state index contributed by atoms with van der Waals surface area (Å²) in [6, 6.07) is 12.1. The maximum Gasteiger partial charge on any atom is 0.336 e. The highest BCUT2D eigenvalue weighted by atomic mass is 35.5. The summed E-state index contributed by atoms with van der Waals surface area (Å²) >= 11 is 6.57. The molecule has 2 aromatic carbocycles. The van der Waals surface area contributed by atoms with Crippen molar-refractivity contribution >= 4 is 28.3 Å². The van der Waals surface area contributed by atoms with Crippen molar-refractivity contribution in [1.82, 2.24) is 0 Å². The highest BCUT2D eigenvalue weighted by molar-refractivity contribution is 6.33. The monoisotopic (exact) mass is 425 g/mol. The van der Waals surface area contributed by atoms with E-state index in [1.807, 2.05) is 6.07 Å². The van der Waals surface area contributed by atoms with Crippen molar-refractivity contribution in [3.8, 4) is 5.75 Å². The van der Waals surface area contributed by atoms with Gasteiger partial charge >= 0.3 is 5.63 Å². The zero-order valence-electron chi connectivity index (χ0n) is 17.8. The van der Waals surface area contributed by atoms with Crippen LogP contribution in [0.3, 0.4) is 0 Å². The van der Waals surface area contributed by atoms with E-state index in [9.17, 15) is 4.79 Å². The second kappa shape index (κ2) is 8.73. The molecule has 1 atom stereocenters. The molecule has 0 radical (unpaired) electrons. The molecule has 3 aromatic rings. The van der Waals surface area contributed by atoms with Gasteiger partial charge in [-0.2, -0.15) is 0 Å². The van der Waals surface area contributed by atoms with Crippen molar-refractivity contribution in [2.45, 2.75) is 58.9 Å². The van der Waals surface area contributed by atoms with Crippen LogP contribution in [0.25, 0.3) is 11.0 Å². The van der Waals surface area contributed by atoms with Crippen LogP contribution in [-0.4, -0.2) is 6.73 Å². The smallest absolute Gasteiger partial charge is 0.336 e. The fraction of sp³-hybridized carbons (Fsp3) is 0.400. The minimum Gasteiger partial charge on any atom is -0.471 e. The van der Waals surface area contributed by atoms with Gasteiger partial charge in [0.2, 0.25) is 0 Å². The van der Waals surface area contributed by atoms with E-state index in [1.54, 1.807) is 6.07 Å². The predicted molar refractivity (Wildman–Crippen MR) is 123 cm³/mol. The fourth-order valence-corrected chi connectivity index (χ4v) is 4.32. The van der Waals surface area contributed by atoms with Crippen LogP contribution in [0.5, 0.6) is 5.75 Å². The summed E-state index contributed by atoms with van der Waals surface area (Å²) in [5, 5.41) is 1.47. The molecular weight excluding hydrogens is 398 g/mol. The predicted octanol–water partition coefficient (Wildman–Crippen LogP) is 6.66. The van der Waals surface area contributed by atoms with Crippen LogP contribution >= 0.6 is 11.6 Å². The molecular formula is C25H28ClNO3. The van der Waals surface area contributed by atoms with Crippen LogP contribution in [0, 0.1) is 0 Å². The number of rotatable bonds is 6. The van der Waals surface area contributed by atoms with Crippen LogP contribution < -0.4 is 15.3 Å². The molecule has 158 valence electrons. The lowest BCUT2D eigenvalue weighted by atomic mass is 9.98. The van der Waals surface area contributed by atoms with Gasteiger partial charge in [0, 0.05) is 17.1 Å². The number of fused-ring (bicyclic) bond motifs is 3. The zero-order valence-corrected chi connectivity index (χ0v) is 18.6. The maximum absolute atomic E-state index is 12.3. The molecule has 30 heavy (non-hydrogen) atoms. The molecule has 2 heterocycles. The van der Waals surface area contributed by atoms with Gasteiger partial charge in [0.25, 0.3) is 0 Å². The van der Waals surface area contributed by atoms with Crippen molar-refractivity contribution in [2.24, 2.45) is 0 Å². The molecule has 1 unspecified atom stereocenters. The number of unbranched alkanes of at least 4 members (excludes halogenated alkanes) is 1. The summed E-state index contributed by atoms with van der Waals surface area (Å²) in [6.45, 7) is 7.56. The molecule has 4 nitrogen and oxygen atoms in total. The summed E-state index contributed by atoms with van der Waals surface area (Å²) in [4.78, 5) is 14.4. The Morgan fingerprint density at radius 1 is 1.17 bits per heavy atom. The Bertz CT molecular complexity index is 1100. The number of hydrogen-bond donors (Lipinski definition) is 0. The molecule has 0 spiro atoms. The number of ether oxygens (including phenoxy) is 1. The molecule has 0 aliphatic carbocycles. The first-order valence-corrected chi connectivity index (χ1v) is 11.1. The van der Waals surface area contributed by atoms with E-state index in [4.69, 9.17) is 20.8 Å². The fourth-order valence-electron chi connectivity index (χ4n) is 4.04. The molecule has 0 saturated heterocycles. The van der Waals surface area contributed by atoms with E-state index in [2.05, 4.69) is 49.9 Å². The molecule has 0 saturated carbocycles. The molecule has 0 N–H and O–H groups in total. The van der Waals surface area contributed by atoms with Crippen molar-refractivity contribution in [1.29, 1.82) is 0 Å². The lowest BCUT2D eigenvalue weighted by molar-refractivity contribution is 0.289. The average Bonchev–Trinajstić information content (AvgIpc) is 2.77. The summed E-state index contributed by atoms with van der Waals surface area (Å²) < 4.78 is 11.7. The Labute approximate surface area is 182 Å². The first-order chi connectivity index (χ1) is 14.5. The SMILES string of the molecule is CCCCc1cc(=O)oc2c3c(c(Cl)cc12)OCN(c1ccc(C(C)CC)cc1)C3. The second-order valence-electron chi connectivity index (χ2n) is 8.11. The van der Waals surface area contributed by atoms with Crippen LogP contribution in [0.15, 0.2) is 45.6 Å². The third-order valence-corrected chi connectivity index (χ3v) is 6.36. The Morgan fingerprint density at radius 2 is 1.93 bits per heavy atom. The van der Waals surface area contributed by atoms with Gasteiger partial charge in [-0.15, -0.1) is 0 Å². The first kappa shape index (κ1) is 20.8. The highest BCUT2D eigenvalue weighted by Gasteiger charge is 2.25. The lowest BCUT2D eigenvalue weighted by Crippen LogP contribution is -2.32. The van der Waals surface area contributed by atoms with Crippen LogP contribution in [0.4, 0.5) is 5.69 Å². The number of nitrogens with zero attached hydrogens (tertiary/aromatic N) is 1. The second-order valence-corrected chi connectivity index (χ2v) is 8.52. The largest absolute Gasteiger partial charge is 0.471 e. The van der Waals surface area contributed by atoms with Gasteiger partial charge in [0.1, 0.15) is 11.3 Å². The molecule has 1 aromatic heterocycles. The third kappa shape index (κ3) is 3.93. The van der Waals surface area contributed by atoms with Gasteiger partial charge in [0.05, 0.1) is 17.1 Å². The molecule has 0 fully saturated rings. The highest BCUT2D eigenvalue weighted by Crippen LogP contribution is 2.40. The minimum absolute atomic E-state index is 0.326. The molecule has 1 aliphatic rings. The van der Waals surface area contributed by atoms with Crippen LogP contribution in [0.2, 0.25) is 5.02 Å². The summed E-state index contributed by atoms with van der Waals surface area (Å²) in [6.07, 6.45) is 4.02. The Morgan fingerprint density at radius 3 is 2.63 bits per heavy atom. The number of halogens is 1. The Balaban J connectivity index is 1.74.